The summed E-state index contributed by atoms with van der Waals surface area (Å²) in [5.74, 6) is -4.09. The molecule has 17 heteroatoms. The van der Waals surface area contributed by atoms with Gasteiger partial charge in [-0.15, -0.1) is 0 Å². The number of nitrogens with two attached hydrogens (primary N) is 8. The van der Waals surface area contributed by atoms with Crippen molar-refractivity contribution in [3.05, 3.63) is 0 Å². The third-order valence-electron chi connectivity index (χ3n) is 0.243. The first-order chi connectivity index (χ1) is 9.87. The van der Waals surface area contributed by atoms with Crippen LogP contribution in [0.15, 0.2) is 0 Å². The van der Waals surface area contributed by atoms with Crippen LogP contribution in [0, 0.1) is 21.6 Å². The van der Waals surface area contributed by atoms with Gasteiger partial charge < -0.3 is 51.0 Å². The highest BCUT2D eigenvalue weighted by molar-refractivity contribution is 5.73. The average Bonchev–Trinajstić information content (AvgIpc) is 2.10. The topological polar surface area (TPSA) is 341 Å². The van der Waals surface area contributed by atoms with Crippen molar-refractivity contribution in [2.45, 2.75) is 6.18 Å². The van der Waals surface area contributed by atoms with Crippen LogP contribution in [0.1, 0.15) is 0 Å². The standard InChI is InChI=1S/C2HF3O2.4CH5N3/c3-2(4,5)1(6)7;4*2-1(3)4/h(H,6,7);4*(H5,2,3,4). The number of alkyl halides is 3. The number of hydrogen-bond donors (Lipinski definition) is 13. The zero-order valence-electron chi connectivity index (χ0n) is 11.6. The maximum absolute atomic E-state index is 10.6. The normalized spacial score (nSPS) is 7.61. The summed E-state index contributed by atoms with van der Waals surface area (Å²) in [5, 5.41) is 31.3. The summed E-state index contributed by atoms with van der Waals surface area (Å²) in [5.41, 5.74) is 35.8. The first kappa shape index (κ1) is 31.6. The number of aliphatic carboxylic acids is 1. The summed E-state index contributed by atoms with van der Waals surface area (Å²) >= 11 is 0. The summed E-state index contributed by atoms with van der Waals surface area (Å²) < 4.78 is 31.7. The Morgan fingerprint density at radius 2 is 0.696 bits per heavy atom. The molecule has 14 nitrogen and oxygen atoms in total. The minimum Gasteiger partial charge on any atom is -0.475 e. The molecule has 0 bridgehead atoms. The van der Waals surface area contributed by atoms with E-state index in [2.05, 4.69) is 45.9 Å². The highest BCUT2D eigenvalue weighted by Crippen LogP contribution is 2.13. The summed E-state index contributed by atoms with van der Waals surface area (Å²) in [4.78, 5) is 8.90. The van der Waals surface area contributed by atoms with Crippen LogP contribution in [0.3, 0.4) is 0 Å². The van der Waals surface area contributed by atoms with Crippen molar-refractivity contribution in [1.82, 2.24) is 0 Å². The lowest BCUT2D eigenvalue weighted by molar-refractivity contribution is -0.192. The van der Waals surface area contributed by atoms with Crippen LogP contribution in [0.2, 0.25) is 0 Å². The molecule has 23 heavy (non-hydrogen) atoms. The van der Waals surface area contributed by atoms with Crippen LogP contribution in [-0.2, 0) is 4.79 Å². The van der Waals surface area contributed by atoms with E-state index in [0.29, 0.717) is 0 Å². The van der Waals surface area contributed by atoms with Crippen molar-refractivity contribution < 1.29 is 23.1 Å². The molecule has 0 aliphatic heterocycles. The Kier molecular flexibility index (Phi) is 25.2. The van der Waals surface area contributed by atoms with Crippen LogP contribution in [0.4, 0.5) is 13.2 Å². The molecule has 0 radical (unpaired) electrons. The fourth-order valence-corrected chi connectivity index (χ4v) is 0. The number of rotatable bonds is 0. The van der Waals surface area contributed by atoms with Gasteiger partial charge in [0.15, 0.2) is 23.8 Å². The van der Waals surface area contributed by atoms with Gasteiger partial charge in [-0.25, -0.2) is 4.79 Å². The van der Waals surface area contributed by atoms with Crippen molar-refractivity contribution >= 4 is 29.8 Å². The molecule has 0 amide bonds. The Bertz CT molecular complexity index is 317. The van der Waals surface area contributed by atoms with Crippen LogP contribution in [0.5, 0.6) is 0 Å². The molecule has 0 spiro atoms. The minimum atomic E-state index is -5.08. The van der Waals surface area contributed by atoms with Crippen molar-refractivity contribution in [3.8, 4) is 0 Å². The van der Waals surface area contributed by atoms with Crippen molar-refractivity contribution in [3.63, 3.8) is 0 Å². The SMILES string of the molecule is N=C(N)N.N=C(N)N.N=C(N)N.N=C(N)N.O=C(O)C(F)(F)F. The van der Waals surface area contributed by atoms with E-state index < -0.39 is 12.1 Å². The second-order valence-corrected chi connectivity index (χ2v) is 2.62. The summed E-state index contributed by atoms with van der Waals surface area (Å²) in [6.07, 6.45) is -5.08. The Balaban J connectivity index is -0.0000000604. The lowest BCUT2D eigenvalue weighted by Crippen LogP contribution is -2.21. The van der Waals surface area contributed by atoms with Gasteiger partial charge in [-0.2, -0.15) is 13.2 Å². The molecular formula is C6H21F3N12O2. The number of hydrogen-bond acceptors (Lipinski definition) is 5. The molecule has 0 aliphatic rings. The summed E-state index contributed by atoms with van der Waals surface area (Å²) in [7, 11) is 0. The molecule has 0 saturated carbocycles. The zero-order valence-corrected chi connectivity index (χ0v) is 11.6. The molecular weight excluding hydrogens is 329 g/mol. The summed E-state index contributed by atoms with van der Waals surface area (Å²) in [6, 6.07) is 0. The number of carboxylic acids is 1. The van der Waals surface area contributed by atoms with Crippen LogP contribution in [0.25, 0.3) is 0 Å². The predicted octanol–water partition coefficient (Wildman–Crippen LogP) is -4.01. The van der Waals surface area contributed by atoms with Crippen LogP contribution >= 0.6 is 0 Å². The molecule has 0 saturated heterocycles. The Labute approximate surface area is 128 Å². The van der Waals surface area contributed by atoms with Crippen LogP contribution in [-0.4, -0.2) is 41.1 Å². The third-order valence-corrected chi connectivity index (χ3v) is 0.243. The Hall–Kier alpha value is -3.66. The van der Waals surface area contributed by atoms with E-state index in [-0.39, 0.29) is 23.8 Å². The van der Waals surface area contributed by atoms with Crippen molar-refractivity contribution in [2.24, 2.45) is 45.9 Å². The quantitative estimate of drug-likeness (QED) is 0.148. The van der Waals surface area contributed by atoms with E-state index in [1.165, 1.54) is 0 Å². The second-order valence-electron chi connectivity index (χ2n) is 2.62. The number of halogens is 3. The number of nitrogens with one attached hydrogen (secondary N) is 4. The van der Waals surface area contributed by atoms with Gasteiger partial charge >= 0.3 is 12.1 Å². The van der Waals surface area contributed by atoms with E-state index in [1.54, 1.807) is 0 Å². The van der Waals surface area contributed by atoms with E-state index in [4.69, 9.17) is 31.5 Å². The van der Waals surface area contributed by atoms with Gasteiger partial charge in [-0.05, 0) is 0 Å². The molecule has 21 N–H and O–H groups in total. The van der Waals surface area contributed by atoms with Gasteiger partial charge in [-0.1, -0.05) is 0 Å². The van der Waals surface area contributed by atoms with E-state index in [9.17, 15) is 13.2 Å². The maximum Gasteiger partial charge on any atom is 0.490 e. The number of carboxylic acid groups (broad SMARTS) is 1. The van der Waals surface area contributed by atoms with Gasteiger partial charge in [0.2, 0.25) is 0 Å². The van der Waals surface area contributed by atoms with E-state index >= 15 is 0 Å². The third kappa shape index (κ3) is 894. The van der Waals surface area contributed by atoms with Gasteiger partial charge in [0.1, 0.15) is 0 Å². The molecule has 0 aromatic heterocycles. The minimum absolute atomic E-state index is 0.333. The van der Waals surface area contributed by atoms with E-state index in [1.807, 2.05) is 0 Å². The predicted molar refractivity (Wildman–Crippen MR) is 78.1 cm³/mol. The average molecular weight is 350 g/mol. The zero-order chi connectivity index (χ0) is 20.4. The molecule has 0 fully saturated rings. The molecule has 0 atom stereocenters. The fourth-order valence-electron chi connectivity index (χ4n) is 0. The maximum atomic E-state index is 10.6. The van der Waals surface area contributed by atoms with Crippen molar-refractivity contribution in [1.29, 1.82) is 21.6 Å². The lowest BCUT2D eigenvalue weighted by atomic mass is 10.7. The van der Waals surface area contributed by atoms with Crippen molar-refractivity contribution in [2.75, 3.05) is 0 Å². The highest BCUT2D eigenvalue weighted by atomic mass is 19.4. The monoisotopic (exact) mass is 350 g/mol. The molecule has 0 rings (SSSR count). The molecule has 0 aromatic carbocycles. The largest absolute Gasteiger partial charge is 0.490 e. The molecule has 0 heterocycles. The van der Waals surface area contributed by atoms with Gasteiger partial charge in [-0.3, -0.25) is 21.6 Å². The second kappa shape index (κ2) is 18.3. The van der Waals surface area contributed by atoms with Gasteiger partial charge in [0.05, 0.1) is 0 Å². The molecule has 0 unspecified atom stereocenters. The first-order valence-electron chi connectivity index (χ1n) is 4.55. The number of guanidine groups is 4. The lowest BCUT2D eigenvalue weighted by Gasteiger charge is -1.93. The first-order valence-corrected chi connectivity index (χ1v) is 4.55. The summed E-state index contributed by atoms with van der Waals surface area (Å²) in [6.45, 7) is 0. The smallest absolute Gasteiger partial charge is 0.475 e. The van der Waals surface area contributed by atoms with E-state index in [0.717, 1.165) is 0 Å². The Morgan fingerprint density at radius 1 is 0.652 bits per heavy atom. The molecule has 0 aromatic rings. The molecule has 0 aliphatic carbocycles. The van der Waals surface area contributed by atoms with Crippen LogP contribution < -0.4 is 45.9 Å². The fraction of sp³-hybridized carbons (Fsp3) is 0.167. The highest BCUT2D eigenvalue weighted by Gasteiger charge is 2.38. The molecule has 138 valence electrons. The Morgan fingerprint density at radius 3 is 0.696 bits per heavy atom. The number of carbonyl (C=O) groups is 1. The van der Waals surface area contributed by atoms with Gasteiger partial charge in [0.25, 0.3) is 0 Å². The van der Waals surface area contributed by atoms with Gasteiger partial charge in [0, 0.05) is 0 Å².